The van der Waals surface area contributed by atoms with Crippen LogP contribution in [0.2, 0.25) is 0 Å². The molecule has 128 valence electrons. The van der Waals surface area contributed by atoms with Crippen LogP contribution in [0.3, 0.4) is 0 Å². The first-order chi connectivity index (χ1) is 10.9. The lowest BCUT2D eigenvalue weighted by atomic mass is 9.97. The van der Waals surface area contributed by atoms with Crippen molar-refractivity contribution in [3.05, 3.63) is 28.2 Å². The third-order valence-corrected chi connectivity index (χ3v) is 4.31. The van der Waals surface area contributed by atoms with Gasteiger partial charge in [-0.2, -0.15) is 0 Å². The number of likely N-dealkylation sites (tertiary alicyclic amines) is 1. The van der Waals surface area contributed by atoms with E-state index < -0.39 is 5.97 Å². The first-order valence-corrected chi connectivity index (χ1v) is 7.89. The van der Waals surface area contributed by atoms with Crippen LogP contribution in [-0.2, 0) is 17.9 Å². The Morgan fingerprint density at radius 1 is 1.35 bits per heavy atom. The first-order valence-electron chi connectivity index (χ1n) is 7.89. The number of piperidine rings is 1. The lowest BCUT2D eigenvalue weighted by Gasteiger charge is -2.30. The van der Waals surface area contributed by atoms with Gasteiger partial charge in [0, 0.05) is 31.4 Å². The number of aromatic hydroxyl groups is 1. The SMILES string of the molecule is CN(C)CCn1cc(O)c(=O)cc1CN1CCC(C(=O)O)CC1. The highest BCUT2D eigenvalue weighted by Gasteiger charge is 2.24. The molecule has 23 heavy (non-hydrogen) atoms. The first kappa shape index (κ1) is 17.5. The number of aliphatic carboxylic acids is 1. The zero-order valence-corrected chi connectivity index (χ0v) is 13.7. The van der Waals surface area contributed by atoms with Crippen molar-refractivity contribution in [1.82, 2.24) is 14.4 Å². The summed E-state index contributed by atoms with van der Waals surface area (Å²) in [5.74, 6) is -1.23. The molecule has 1 saturated heterocycles. The van der Waals surface area contributed by atoms with Crippen molar-refractivity contribution in [2.24, 2.45) is 5.92 Å². The van der Waals surface area contributed by atoms with E-state index in [1.807, 2.05) is 23.6 Å². The van der Waals surface area contributed by atoms with Gasteiger partial charge in [-0.3, -0.25) is 14.5 Å². The van der Waals surface area contributed by atoms with Gasteiger partial charge in [0.25, 0.3) is 0 Å². The lowest BCUT2D eigenvalue weighted by molar-refractivity contribution is -0.143. The topological polar surface area (TPSA) is 86.0 Å². The van der Waals surface area contributed by atoms with Crippen molar-refractivity contribution in [2.75, 3.05) is 33.7 Å². The molecule has 1 aromatic rings. The molecule has 2 heterocycles. The average Bonchev–Trinajstić information content (AvgIpc) is 2.49. The molecule has 0 bridgehead atoms. The zero-order valence-electron chi connectivity index (χ0n) is 13.7. The van der Waals surface area contributed by atoms with E-state index >= 15 is 0 Å². The largest absolute Gasteiger partial charge is 0.503 e. The Morgan fingerprint density at radius 3 is 2.57 bits per heavy atom. The van der Waals surface area contributed by atoms with Gasteiger partial charge in [0.1, 0.15) is 0 Å². The molecule has 2 rings (SSSR count). The maximum Gasteiger partial charge on any atom is 0.306 e. The molecule has 0 aliphatic carbocycles. The van der Waals surface area contributed by atoms with Crippen LogP contribution in [0.15, 0.2) is 17.1 Å². The molecule has 0 aromatic carbocycles. The summed E-state index contributed by atoms with van der Waals surface area (Å²) in [6, 6.07) is 1.48. The molecule has 0 amide bonds. The number of aromatic nitrogens is 1. The lowest BCUT2D eigenvalue weighted by Crippen LogP contribution is -2.37. The Morgan fingerprint density at radius 2 is 2.00 bits per heavy atom. The molecular weight excluding hydrogens is 298 g/mol. The maximum atomic E-state index is 11.7. The summed E-state index contributed by atoms with van der Waals surface area (Å²) < 4.78 is 1.90. The summed E-state index contributed by atoms with van der Waals surface area (Å²) in [5, 5.41) is 18.7. The van der Waals surface area contributed by atoms with Crippen molar-refractivity contribution in [3.63, 3.8) is 0 Å². The van der Waals surface area contributed by atoms with Crippen LogP contribution in [-0.4, -0.2) is 64.3 Å². The molecule has 0 unspecified atom stereocenters. The second-order valence-electron chi connectivity index (χ2n) is 6.40. The molecule has 1 fully saturated rings. The average molecular weight is 323 g/mol. The molecule has 0 saturated carbocycles. The zero-order chi connectivity index (χ0) is 17.0. The third-order valence-electron chi connectivity index (χ3n) is 4.31. The van der Waals surface area contributed by atoms with E-state index in [0.29, 0.717) is 39.0 Å². The molecule has 1 aromatic heterocycles. The van der Waals surface area contributed by atoms with Crippen LogP contribution in [0.25, 0.3) is 0 Å². The van der Waals surface area contributed by atoms with Crippen LogP contribution in [0.5, 0.6) is 5.75 Å². The third kappa shape index (κ3) is 4.80. The molecule has 2 N–H and O–H groups in total. The number of rotatable bonds is 6. The van der Waals surface area contributed by atoms with Crippen molar-refractivity contribution < 1.29 is 15.0 Å². The van der Waals surface area contributed by atoms with E-state index in [9.17, 15) is 14.7 Å². The van der Waals surface area contributed by atoms with Crippen molar-refractivity contribution in [1.29, 1.82) is 0 Å². The molecule has 1 aliphatic heterocycles. The fourth-order valence-electron chi connectivity index (χ4n) is 2.82. The molecular formula is C16H25N3O4. The minimum Gasteiger partial charge on any atom is -0.503 e. The standard InChI is InChI=1S/C16H25N3O4/c1-17(2)7-8-19-11-15(21)14(20)9-13(19)10-18-5-3-12(4-6-18)16(22)23/h9,11-12,21H,3-8,10H2,1-2H3,(H,22,23). The quantitative estimate of drug-likeness (QED) is 0.789. The van der Waals surface area contributed by atoms with Crippen molar-refractivity contribution in [3.8, 4) is 5.75 Å². The van der Waals surface area contributed by atoms with Crippen LogP contribution in [0.1, 0.15) is 18.5 Å². The van der Waals surface area contributed by atoms with Crippen LogP contribution in [0.4, 0.5) is 0 Å². The monoisotopic (exact) mass is 323 g/mol. The van der Waals surface area contributed by atoms with Gasteiger partial charge in [-0.25, -0.2) is 0 Å². The number of carbonyl (C=O) groups is 1. The summed E-state index contributed by atoms with van der Waals surface area (Å²) >= 11 is 0. The van der Waals surface area contributed by atoms with E-state index in [0.717, 1.165) is 12.2 Å². The Kier molecular flexibility index (Phi) is 5.79. The Balaban J connectivity index is 2.08. The molecule has 0 radical (unpaired) electrons. The fraction of sp³-hybridized carbons (Fsp3) is 0.625. The summed E-state index contributed by atoms with van der Waals surface area (Å²) in [4.78, 5) is 27.0. The fourth-order valence-corrected chi connectivity index (χ4v) is 2.82. The number of pyridine rings is 1. The molecule has 7 nitrogen and oxygen atoms in total. The van der Waals surface area contributed by atoms with E-state index in [2.05, 4.69) is 4.90 Å². The number of hydrogen-bond acceptors (Lipinski definition) is 5. The smallest absolute Gasteiger partial charge is 0.306 e. The number of likely N-dealkylation sites (N-methyl/N-ethyl adjacent to an activating group) is 1. The summed E-state index contributed by atoms with van der Waals surface area (Å²) in [5.41, 5.74) is 0.477. The van der Waals surface area contributed by atoms with Gasteiger partial charge in [0.15, 0.2) is 5.75 Å². The van der Waals surface area contributed by atoms with E-state index in [-0.39, 0.29) is 17.1 Å². The predicted octanol–water partition coefficient (Wildman–Crippen LogP) is 0.412. The van der Waals surface area contributed by atoms with Crippen LogP contribution >= 0.6 is 0 Å². The Labute approximate surface area is 135 Å². The minimum absolute atomic E-state index is 0.239. The van der Waals surface area contributed by atoms with Gasteiger partial charge in [-0.1, -0.05) is 0 Å². The van der Waals surface area contributed by atoms with E-state index in [4.69, 9.17) is 5.11 Å². The number of carboxylic acid groups (broad SMARTS) is 1. The number of carboxylic acids is 1. The van der Waals surface area contributed by atoms with Gasteiger partial charge in [0.05, 0.1) is 12.1 Å². The normalized spacial score (nSPS) is 16.8. The Hall–Kier alpha value is -1.86. The maximum absolute atomic E-state index is 11.7. The highest BCUT2D eigenvalue weighted by molar-refractivity contribution is 5.70. The molecule has 1 aliphatic rings. The van der Waals surface area contributed by atoms with Crippen LogP contribution in [0, 0.1) is 5.92 Å². The van der Waals surface area contributed by atoms with E-state index in [1.165, 1.54) is 12.3 Å². The number of nitrogens with zero attached hydrogens (tertiary/aromatic N) is 3. The second kappa shape index (κ2) is 7.61. The van der Waals surface area contributed by atoms with Gasteiger partial charge in [-0.15, -0.1) is 0 Å². The van der Waals surface area contributed by atoms with Gasteiger partial charge in [-0.05, 0) is 40.0 Å². The van der Waals surface area contributed by atoms with Crippen LogP contribution < -0.4 is 5.43 Å². The molecule has 0 spiro atoms. The Bertz CT molecular complexity index is 604. The highest BCUT2D eigenvalue weighted by atomic mass is 16.4. The van der Waals surface area contributed by atoms with Crippen molar-refractivity contribution in [2.45, 2.75) is 25.9 Å². The highest BCUT2D eigenvalue weighted by Crippen LogP contribution is 2.19. The molecule has 0 atom stereocenters. The van der Waals surface area contributed by atoms with Gasteiger partial charge >= 0.3 is 5.97 Å². The summed E-state index contributed by atoms with van der Waals surface area (Å²) in [6.45, 7) is 3.49. The van der Waals surface area contributed by atoms with Gasteiger partial charge in [0.2, 0.25) is 5.43 Å². The van der Waals surface area contributed by atoms with Gasteiger partial charge < -0.3 is 19.7 Å². The number of hydrogen-bond donors (Lipinski definition) is 2. The van der Waals surface area contributed by atoms with Crippen molar-refractivity contribution >= 4 is 5.97 Å². The summed E-state index contributed by atoms with van der Waals surface area (Å²) in [6.07, 6.45) is 2.76. The predicted molar refractivity (Wildman–Crippen MR) is 86.6 cm³/mol. The second-order valence-corrected chi connectivity index (χ2v) is 6.40. The summed E-state index contributed by atoms with van der Waals surface area (Å²) in [7, 11) is 3.94. The van der Waals surface area contributed by atoms with E-state index in [1.54, 1.807) is 0 Å². The minimum atomic E-state index is -0.725. The molecule has 7 heteroatoms.